The summed E-state index contributed by atoms with van der Waals surface area (Å²) in [5.41, 5.74) is 6.03. The third-order valence-corrected chi connectivity index (χ3v) is 4.42. The molecule has 0 radical (unpaired) electrons. The Balaban J connectivity index is 1.67. The average Bonchev–Trinajstić information content (AvgIpc) is 3.08. The number of thiazole rings is 1. The highest BCUT2D eigenvalue weighted by Crippen LogP contribution is 2.18. The van der Waals surface area contributed by atoms with Crippen molar-refractivity contribution in [3.63, 3.8) is 0 Å². The zero-order chi connectivity index (χ0) is 15.8. The van der Waals surface area contributed by atoms with Crippen LogP contribution in [0.4, 0.5) is 5.13 Å². The maximum absolute atomic E-state index is 11.0. The van der Waals surface area contributed by atoms with Gasteiger partial charge in [0.2, 0.25) is 0 Å². The van der Waals surface area contributed by atoms with E-state index in [0.717, 1.165) is 44.2 Å². The summed E-state index contributed by atoms with van der Waals surface area (Å²) in [6.45, 7) is 4.18. The molecule has 1 aromatic heterocycles. The number of carbonyl (C=O) groups excluding carboxylic acids is 1. The summed E-state index contributed by atoms with van der Waals surface area (Å²) in [6, 6.07) is 0. The van der Waals surface area contributed by atoms with Gasteiger partial charge in [-0.25, -0.2) is 4.98 Å². The number of nitrogens with zero attached hydrogens (tertiary/aromatic N) is 4. The van der Waals surface area contributed by atoms with Crippen LogP contribution in [0, 0.1) is 0 Å². The molecule has 0 spiro atoms. The standard InChI is InChI=1S/C14H23N5O2S/c1-21-12(20)4-2-3-5-16-13(15)18-7-9-19(10-8-18)14-17-6-11-22-14/h6,11H,2-5,7-10H2,1H3,(H2,15,16). The molecule has 1 saturated heterocycles. The number of piperazine rings is 1. The number of ether oxygens (including phenoxy) is 1. The Morgan fingerprint density at radius 2 is 2.18 bits per heavy atom. The van der Waals surface area contributed by atoms with Gasteiger partial charge in [-0.05, 0) is 12.8 Å². The van der Waals surface area contributed by atoms with E-state index in [1.165, 1.54) is 7.11 Å². The smallest absolute Gasteiger partial charge is 0.305 e. The van der Waals surface area contributed by atoms with Gasteiger partial charge >= 0.3 is 5.97 Å². The van der Waals surface area contributed by atoms with Gasteiger partial charge in [-0.2, -0.15) is 0 Å². The predicted molar refractivity (Wildman–Crippen MR) is 88.3 cm³/mol. The molecule has 2 rings (SSSR count). The van der Waals surface area contributed by atoms with Crippen molar-refractivity contribution in [3.8, 4) is 0 Å². The van der Waals surface area contributed by atoms with Crippen LogP contribution in [0.2, 0.25) is 0 Å². The fourth-order valence-corrected chi connectivity index (χ4v) is 2.97. The molecule has 2 N–H and O–H groups in total. The quantitative estimate of drug-likeness (QED) is 0.362. The minimum absolute atomic E-state index is 0.171. The fourth-order valence-electron chi connectivity index (χ4n) is 2.28. The van der Waals surface area contributed by atoms with E-state index in [1.807, 2.05) is 11.6 Å². The van der Waals surface area contributed by atoms with Crippen LogP contribution in [0.5, 0.6) is 0 Å². The van der Waals surface area contributed by atoms with Crippen molar-refractivity contribution in [2.75, 3.05) is 44.7 Å². The second-order valence-electron chi connectivity index (χ2n) is 5.06. The Morgan fingerprint density at radius 3 is 2.82 bits per heavy atom. The number of hydrogen-bond donors (Lipinski definition) is 1. The van der Waals surface area contributed by atoms with Gasteiger partial charge < -0.3 is 20.3 Å². The molecule has 1 fully saturated rings. The number of hydrogen-bond acceptors (Lipinski definition) is 6. The minimum atomic E-state index is -0.171. The van der Waals surface area contributed by atoms with Crippen LogP contribution in [0.25, 0.3) is 0 Å². The normalized spacial score (nSPS) is 16.0. The lowest BCUT2D eigenvalue weighted by Gasteiger charge is -2.35. The summed E-state index contributed by atoms with van der Waals surface area (Å²) in [7, 11) is 1.41. The van der Waals surface area contributed by atoms with Crippen LogP contribution in [-0.4, -0.2) is 61.6 Å². The Morgan fingerprint density at radius 1 is 1.41 bits per heavy atom. The van der Waals surface area contributed by atoms with Gasteiger partial charge in [0.05, 0.1) is 7.11 Å². The molecule has 1 aliphatic rings. The molecule has 0 atom stereocenters. The summed E-state index contributed by atoms with van der Waals surface area (Å²) in [6.07, 6.45) is 3.89. The van der Waals surface area contributed by atoms with E-state index in [-0.39, 0.29) is 5.97 Å². The molecule has 22 heavy (non-hydrogen) atoms. The second kappa shape index (κ2) is 8.57. The lowest BCUT2D eigenvalue weighted by atomic mass is 10.2. The van der Waals surface area contributed by atoms with Crippen molar-refractivity contribution in [2.45, 2.75) is 19.3 Å². The third kappa shape index (κ3) is 4.87. The van der Waals surface area contributed by atoms with E-state index in [4.69, 9.17) is 5.73 Å². The molecule has 0 aromatic carbocycles. The number of methoxy groups -OCH3 is 1. The van der Waals surface area contributed by atoms with Gasteiger partial charge in [0.15, 0.2) is 11.1 Å². The second-order valence-corrected chi connectivity index (χ2v) is 5.93. The molecule has 0 bridgehead atoms. The predicted octanol–water partition coefficient (Wildman–Crippen LogP) is 0.923. The number of unbranched alkanes of at least 4 members (excludes halogenated alkanes) is 1. The molecular formula is C14H23N5O2S. The van der Waals surface area contributed by atoms with Crippen LogP contribution < -0.4 is 10.6 Å². The topological polar surface area (TPSA) is 84.0 Å². The third-order valence-electron chi connectivity index (χ3n) is 3.58. The van der Waals surface area contributed by atoms with Gasteiger partial charge in [0.25, 0.3) is 0 Å². The van der Waals surface area contributed by atoms with Crippen molar-refractivity contribution >= 4 is 28.4 Å². The van der Waals surface area contributed by atoms with E-state index in [1.54, 1.807) is 11.3 Å². The molecule has 0 amide bonds. The number of anilines is 1. The summed E-state index contributed by atoms with van der Waals surface area (Å²) in [5, 5.41) is 3.06. The number of guanidine groups is 1. The first-order valence-electron chi connectivity index (χ1n) is 7.47. The van der Waals surface area contributed by atoms with Gasteiger partial charge in [-0.3, -0.25) is 9.79 Å². The monoisotopic (exact) mass is 325 g/mol. The summed E-state index contributed by atoms with van der Waals surface area (Å²) in [5.74, 6) is 0.423. The first-order valence-corrected chi connectivity index (χ1v) is 8.35. The van der Waals surface area contributed by atoms with Crippen molar-refractivity contribution < 1.29 is 9.53 Å². The zero-order valence-corrected chi connectivity index (χ0v) is 13.7. The summed E-state index contributed by atoms with van der Waals surface area (Å²) in [4.78, 5) is 24.1. The van der Waals surface area contributed by atoms with Crippen LogP contribution in [-0.2, 0) is 9.53 Å². The lowest BCUT2D eigenvalue weighted by Crippen LogP contribution is -2.51. The highest BCUT2D eigenvalue weighted by molar-refractivity contribution is 7.13. The number of rotatable bonds is 6. The van der Waals surface area contributed by atoms with Crippen LogP contribution in [0.15, 0.2) is 16.6 Å². The first-order chi connectivity index (χ1) is 10.7. The minimum Gasteiger partial charge on any atom is -0.469 e. The lowest BCUT2D eigenvalue weighted by molar-refractivity contribution is -0.140. The molecule has 0 unspecified atom stereocenters. The number of aliphatic imine (C=N–C) groups is 1. The number of carbonyl (C=O) groups is 1. The fraction of sp³-hybridized carbons (Fsp3) is 0.643. The number of esters is 1. The van der Waals surface area contributed by atoms with Crippen molar-refractivity contribution in [1.29, 1.82) is 0 Å². The number of nitrogens with two attached hydrogens (primary N) is 1. The summed E-state index contributed by atoms with van der Waals surface area (Å²) >= 11 is 1.66. The molecule has 1 aromatic rings. The van der Waals surface area contributed by atoms with Crippen molar-refractivity contribution in [2.24, 2.45) is 10.7 Å². The van der Waals surface area contributed by atoms with Crippen molar-refractivity contribution in [3.05, 3.63) is 11.6 Å². The van der Waals surface area contributed by atoms with Crippen LogP contribution in [0.1, 0.15) is 19.3 Å². The maximum atomic E-state index is 11.0. The molecule has 1 aliphatic heterocycles. The molecule has 0 saturated carbocycles. The molecule has 2 heterocycles. The first kappa shape index (κ1) is 16.5. The van der Waals surface area contributed by atoms with Crippen LogP contribution in [0.3, 0.4) is 0 Å². The Kier molecular flexibility index (Phi) is 6.45. The maximum Gasteiger partial charge on any atom is 0.305 e. The van der Waals surface area contributed by atoms with Gasteiger partial charge in [0, 0.05) is 50.7 Å². The highest BCUT2D eigenvalue weighted by Gasteiger charge is 2.19. The summed E-state index contributed by atoms with van der Waals surface area (Å²) < 4.78 is 4.60. The van der Waals surface area contributed by atoms with E-state index >= 15 is 0 Å². The van der Waals surface area contributed by atoms with E-state index in [9.17, 15) is 4.79 Å². The molecule has 7 nitrogen and oxygen atoms in total. The van der Waals surface area contributed by atoms with Crippen LogP contribution >= 0.6 is 11.3 Å². The van der Waals surface area contributed by atoms with Gasteiger partial charge in [-0.15, -0.1) is 11.3 Å². The zero-order valence-electron chi connectivity index (χ0n) is 12.9. The molecule has 0 aliphatic carbocycles. The molecule has 8 heteroatoms. The van der Waals surface area contributed by atoms with Gasteiger partial charge in [-0.1, -0.05) is 0 Å². The highest BCUT2D eigenvalue weighted by atomic mass is 32.1. The SMILES string of the molecule is COC(=O)CCCCN=C(N)N1CCN(c2nccs2)CC1. The Bertz CT molecular complexity index is 483. The molecule has 122 valence electrons. The number of aromatic nitrogens is 1. The van der Waals surface area contributed by atoms with E-state index in [2.05, 4.69) is 24.5 Å². The van der Waals surface area contributed by atoms with E-state index in [0.29, 0.717) is 18.9 Å². The average molecular weight is 325 g/mol. The Labute approximate surface area is 134 Å². The Hall–Kier alpha value is -1.83. The van der Waals surface area contributed by atoms with Gasteiger partial charge in [0.1, 0.15) is 0 Å². The van der Waals surface area contributed by atoms with Crippen molar-refractivity contribution in [1.82, 2.24) is 9.88 Å². The largest absolute Gasteiger partial charge is 0.469 e. The van der Waals surface area contributed by atoms with E-state index < -0.39 is 0 Å². The molecular weight excluding hydrogens is 302 g/mol.